The van der Waals surface area contributed by atoms with Crippen molar-refractivity contribution in [1.29, 1.82) is 0 Å². The fourth-order valence-electron chi connectivity index (χ4n) is 19.3. The minimum absolute atomic E-state index is 0.0350. The third kappa shape index (κ3) is 20.8. The van der Waals surface area contributed by atoms with Crippen LogP contribution in [0.5, 0.6) is 46.0 Å². The predicted octanol–water partition coefficient (Wildman–Crippen LogP) is 11.3. The first kappa shape index (κ1) is 104. The fraction of sp³-hybridized carbons (Fsp3) is 0.667. The number of rotatable bonds is 35. The molecule has 8 heterocycles. The van der Waals surface area contributed by atoms with Gasteiger partial charge in [0, 0.05) is 73.3 Å². The van der Waals surface area contributed by atoms with Crippen molar-refractivity contribution in [2.45, 2.75) is 361 Å². The first-order valence-corrected chi connectivity index (χ1v) is 45.5. The third-order valence-electron chi connectivity index (χ3n) is 26.5. The highest BCUT2D eigenvalue weighted by molar-refractivity contribution is 6.09. The van der Waals surface area contributed by atoms with Crippen molar-refractivity contribution < 1.29 is 158 Å². The summed E-state index contributed by atoms with van der Waals surface area (Å²) in [7, 11) is 0. The number of ether oxygens (including phenoxy) is 8. The van der Waals surface area contributed by atoms with Gasteiger partial charge in [-0.15, -0.1) is 0 Å². The minimum atomic E-state index is -1.37. The molecule has 16 N–H and O–H groups in total. The second kappa shape index (κ2) is 42.7. The summed E-state index contributed by atoms with van der Waals surface area (Å²) in [6, 6.07) is 7.30. The molecule has 0 bridgehead atoms. The van der Waals surface area contributed by atoms with Gasteiger partial charge in [0.2, 0.25) is 0 Å². The maximum atomic E-state index is 13.7. The van der Waals surface area contributed by atoms with Crippen molar-refractivity contribution in [3.05, 3.63) is 92.0 Å². The van der Waals surface area contributed by atoms with E-state index in [-0.39, 0.29) is 130 Å². The van der Waals surface area contributed by atoms with Crippen LogP contribution in [0.15, 0.2) is 36.4 Å². The van der Waals surface area contributed by atoms with Crippen LogP contribution >= 0.6 is 0 Å². The topological polar surface area (TPSA) is 547 Å². The molecule has 8 fully saturated rings. The van der Waals surface area contributed by atoms with Crippen LogP contribution in [0.4, 0.5) is 0 Å². The smallest absolute Gasteiger partial charge is 0.189 e. The zero-order chi connectivity index (χ0) is 95.3. The van der Waals surface area contributed by atoms with E-state index < -0.39 is 195 Å². The van der Waals surface area contributed by atoms with Gasteiger partial charge in [0.25, 0.3) is 0 Å². The number of hydrogen-bond acceptors (Lipinski definition) is 32. The fourth-order valence-corrected chi connectivity index (χ4v) is 19.3. The van der Waals surface area contributed by atoms with Crippen LogP contribution in [0.3, 0.4) is 0 Å². The summed E-state index contributed by atoms with van der Waals surface area (Å²) in [5.74, 6) is -10.1. The Kier molecular flexibility index (Phi) is 34.6. The normalized spacial score (nSPS) is 30.5. The zero-order valence-corrected chi connectivity index (χ0v) is 76.5. The van der Waals surface area contributed by atoms with Crippen molar-refractivity contribution in [3.63, 3.8) is 0 Å². The number of aliphatic hydroxyl groups excluding tert-OH is 8. The molecule has 0 aromatic heterocycles. The van der Waals surface area contributed by atoms with Crippen LogP contribution in [0.1, 0.15) is 321 Å². The third-order valence-corrected chi connectivity index (χ3v) is 26.5. The predicted molar refractivity (Wildman–Crippen MR) is 463 cm³/mol. The maximum absolute atomic E-state index is 13.7. The number of phenolic OH excluding ortho intramolecular Hbond substituents is 8. The van der Waals surface area contributed by atoms with Crippen molar-refractivity contribution in [3.8, 4) is 46.0 Å². The summed E-state index contributed by atoms with van der Waals surface area (Å²) in [4.78, 5) is 103. The number of ketones is 7. The van der Waals surface area contributed by atoms with E-state index in [4.69, 9.17) is 37.9 Å². The average Bonchev–Trinajstić information content (AvgIpc) is 1.57. The van der Waals surface area contributed by atoms with Crippen LogP contribution in [-0.4, -0.2) is 249 Å². The van der Waals surface area contributed by atoms with Crippen LogP contribution in [0, 0.1) is 47.3 Å². The number of epoxide rings is 4. The lowest BCUT2D eigenvalue weighted by atomic mass is 9.80. The quantitative estimate of drug-likeness (QED) is 0.0116. The van der Waals surface area contributed by atoms with Crippen LogP contribution in [0.2, 0.25) is 0 Å². The van der Waals surface area contributed by atoms with Gasteiger partial charge in [-0.25, -0.2) is 0 Å². The molecule has 12 rings (SSSR count). The van der Waals surface area contributed by atoms with Gasteiger partial charge in [-0.1, -0.05) is 143 Å². The number of phenols is 8. The van der Waals surface area contributed by atoms with Gasteiger partial charge in [0.05, 0.1) is 112 Å². The van der Waals surface area contributed by atoms with E-state index in [1.54, 1.807) is 27.7 Å². The van der Waals surface area contributed by atoms with Crippen LogP contribution in [0.25, 0.3) is 0 Å². The molecule has 32 nitrogen and oxygen atoms in total. The molecule has 4 aromatic carbocycles. The lowest BCUT2D eigenvalue weighted by Crippen LogP contribution is -2.55. The highest BCUT2D eigenvalue weighted by Gasteiger charge is 2.72. The monoisotopic (exact) mass is 1800 g/mol. The first-order valence-electron chi connectivity index (χ1n) is 45.5. The molecular weight excluding hydrogens is 1670 g/mol. The number of carbonyl (C=O) groups excluding carboxylic acids is 8. The van der Waals surface area contributed by atoms with Gasteiger partial charge in [-0.2, -0.15) is 0 Å². The molecule has 0 amide bonds. The maximum Gasteiger partial charge on any atom is 0.189 e. The second-order valence-electron chi connectivity index (χ2n) is 37.0. The van der Waals surface area contributed by atoms with E-state index in [1.165, 1.54) is 31.2 Å². The summed E-state index contributed by atoms with van der Waals surface area (Å²) in [5, 5.41) is 169. The molecule has 712 valence electrons. The number of Topliss-reactive ketones (excluding diaryl/α,β-unsaturated/α-hetero) is 7. The van der Waals surface area contributed by atoms with E-state index in [1.807, 2.05) is 83.1 Å². The Morgan fingerprint density at radius 2 is 0.633 bits per heavy atom. The van der Waals surface area contributed by atoms with E-state index in [2.05, 4.69) is 0 Å². The average molecular weight is 1800 g/mol. The lowest BCUT2D eigenvalue weighted by Gasteiger charge is -2.39. The molecular formula is C96H136O32. The Labute approximate surface area is 747 Å². The molecule has 8 aliphatic rings. The Hall–Kier alpha value is -8.00. The number of benzene rings is 4. The Morgan fingerprint density at radius 3 is 0.875 bits per heavy atom. The van der Waals surface area contributed by atoms with Gasteiger partial charge in [-0.05, 0) is 118 Å². The first-order chi connectivity index (χ1) is 60.3. The van der Waals surface area contributed by atoms with E-state index in [9.17, 15) is 120 Å². The van der Waals surface area contributed by atoms with Gasteiger partial charge >= 0.3 is 0 Å². The number of unbranched alkanes of at least 4 members (excludes halogenated alkanes) is 1. The molecule has 32 heteroatoms. The lowest BCUT2D eigenvalue weighted by molar-refractivity contribution is -0.239. The summed E-state index contributed by atoms with van der Waals surface area (Å²) in [6.07, 6.45) is -4.83. The number of aldehydes is 1. The molecule has 24 atom stereocenters. The molecule has 8 saturated heterocycles. The number of hydrogen-bond donors (Lipinski definition) is 16. The molecule has 128 heavy (non-hydrogen) atoms. The molecule has 4 aromatic rings. The largest absolute Gasteiger partial charge is 0.507 e. The molecule has 24 unspecified atom stereocenters. The van der Waals surface area contributed by atoms with Crippen molar-refractivity contribution >= 4 is 46.8 Å². The molecule has 0 saturated carbocycles. The van der Waals surface area contributed by atoms with Gasteiger partial charge in [0.15, 0.2) is 94.3 Å². The molecule has 8 aliphatic heterocycles. The van der Waals surface area contributed by atoms with Crippen molar-refractivity contribution in [2.24, 2.45) is 47.3 Å². The molecule has 0 aliphatic carbocycles. The summed E-state index contributed by atoms with van der Waals surface area (Å²) in [6.45, 7) is 30.9. The standard InChI is InChI=1S/2C25H36O8.2C23H32O8/c1-6-8-15(17-11-18(27)25(24(31)32-17)19(7-2)33-25)22(29)16-10-14(9-12(3)4)21(28)20(13(5)26)23(16)30;1-5-7-8-15(18-11-19(27)25(24(31)32-18)20(6-2)33-25)22(29)16-10-14(9-13(3)4)21(28)17(12-26)23(16)30;2*1-5-7-12(17-10-18(26)23(22(29)30-17)19(6-2)31-23)21(28)14-8-13(20(27)11(3)4)15(24)9-16(14)25/h10,12,15,17-19,24,27-28,30-31H,6-9,11H2,1-5H3;10,12-13,15,18-20,24,27-28,30-31H,5-9,11H2,1-4H3;2*8-9,11-12,17-19,22,24-26,29H,5-7,10H2,1-4H3. The number of aliphatic hydroxyl groups is 8. The Balaban J connectivity index is 0.000000193. The summed E-state index contributed by atoms with van der Waals surface area (Å²) in [5.41, 5.74) is -4.76. The summed E-state index contributed by atoms with van der Waals surface area (Å²) >= 11 is 0. The molecule has 4 spiro atoms. The highest BCUT2D eigenvalue weighted by atomic mass is 16.7. The van der Waals surface area contributed by atoms with Crippen LogP contribution < -0.4 is 0 Å². The van der Waals surface area contributed by atoms with Gasteiger partial charge in [-0.3, -0.25) is 38.4 Å². The van der Waals surface area contributed by atoms with E-state index in [0.717, 1.165) is 18.6 Å². The Morgan fingerprint density at radius 1 is 0.359 bits per heavy atom. The van der Waals surface area contributed by atoms with Crippen molar-refractivity contribution in [1.82, 2.24) is 0 Å². The number of aromatic hydroxyl groups is 8. The van der Waals surface area contributed by atoms with Crippen molar-refractivity contribution in [2.75, 3.05) is 0 Å². The van der Waals surface area contributed by atoms with E-state index in [0.29, 0.717) is 107 Å². The van der Waals surface area contributed by atoms with Crippen LogP contribution in [-0.2, 0) is 50.7 Å². The summed E-state index contributed by atoms with van der Waals surface area (Å²) < 4.78 is 45.4. The SMILES string of the molecule is CCCC(C(=O)c1cc(C(=O)C(C)C)c(O)cc1O)C1CC(O)C2(OC2CC)C(O)O1.CCCC(C(=O)c1cc(C(=O)C(C)C)c(O)cc1O)C1CC(O)C2(OC2CC)C(O)O1.CCCC(C(=O)c1cc(CC(C)C)c(O)c(C(C)=O)c1O)C1CC(O)C2(OC2CC)C(O)O1.CCCCC(C(=O)c1cc(CC(C)C)c(O)c(C=O)c1O)C1CC(O)C2(OC2CC)C(O)O1. The molecule has 0 radical (unpaired) electrons. The minimum Gasteiger partial charge on any atom is -0.507 e. The van der Waals surface area contributed by atoms with E-state index >= 15 is 0 Å². The second-order valence-corrected chi connectivity index (χ2v) is 37.0. The highest BCUT2D eigenvalue weighted by Crippen LogP contribution is 2.56. The number of carbonyl (C=O) groups is 8. The zero-order valence-electron chi connectivity index (χ0n) is 76.5. The van der Waals surface area contributed by atoms with Gasteiger partial charge < -0.3 is 120 Å². The Bertz CT molecular complexity index is 4440. The van der Waals surface area contributed by atoms with Gasteiger partial charge in [0.1, 0.15) is 51.6 Å².